The molecule has 5 nitrogen and oxygen atoms in total. The smallest absolute Gasteiger partial charge is 0.305 e. The Hall–Kier alpha value is -1.20. The van der Waals surface area contributed by atoms with Crippen LogP contribution >= 0.6 is 23.2 Å². The van der Waals surface area contributed by atoms with Crippen LogP contribution in [0.1, 0.15) is 23.8 Å². The molecule has 0 aromatic carbocycles. The maximum atomic E-state index is 12.2. The standard InChI is InChI=1S/C11H14Cl2N2O3/c1-3-15(5-4-9(16)17)11(18)8-6-7(12)10(13)14(8)2/h6H,3-5H2,1-2H3,(H,16,17). The van der Waals surface area contributed by atoms with Crippen molar-refractivity contribution in [2.24, 2.45) is 7.05 Å². The highest BCUT2D eigenvalue weighted by Crippen LogP contribution is 2.25. The van der Waals surface area contributed by atoms with E-state index in [0.29, 0.717) is 17.3 Å². The normalized spacial score (nSPS) is 10.4. The maximum Gasteiger partial charge on any atom is 0.305 e. The molecular weight excluding hydrogens is 279 g/mol. The van der Waals surface area contributed by atoms with Crippen molar-refractivity contribution >= 4 is 35.1 Å². The first-order valence-electron chi connectivity index (χ1n) is 5.40. The van der Waals surface area contributed by atoms with Gasteiger partial charge in [-0.15, -0.1) is 0 Å². The predicted octanol–water partition coefficient (Wildman–Crippen LogP) is 2.27. The van der Waals surface area contributed by atoms with Gasteiger partial charge in [-0.1, -0.05) is 23.2 Å². The zero-order valence-corrected chi connectivity index (χ0v) is 11.6. The molecule has 1 aromatic rings. The minimum atomic E-state index is -0.941. The number of carbonyl (C=O) groups is 2. The summed E-state index contributed by atoms with van der Waals surface area (Å²) >= 11 is 11.7. The summed E-state index contributed by atoms with van der Waals surface area (Å²) in [5.74, 6) is -1.22. The molecule has 0 radical (unpaired) electrons. The SMILES string of the molecule is CCN(CCC(=O)O)C(=O)c1cc(Cl)c(Cl)n1C. The van der Waals surface area contributed by atoms with Crippen LogP contribution in [0.4, 0.5) is 0 Å². The van der Waals surface area contributed by atoms with Crippen LogP contribution in [0.25, 0.3) is 0 Å². The number of carbonyl (C=O) groups excluding carboxylic acids is 1. The lowest BCUT2D eigenvalue weighted by atomic mass is 10.3. The predicted molar refractivity (Wildman–Crippen MR) is 69.3 cm³/mol. The summed E-state index contributed by atoms with van der Waals surface area (Å²) in [4.78, 5) is 24.1. The van der Waals surface area contributed by atoms with E-state index >= 15 is 0 Å². The second-order valence-electron chi connectivity index (χ2n) is 3.76. The highest BCUT2D eigenvalue weighted by atomic mass is 35.5. The zero-order chi connectivity index (χ0) is 13.9. The number of hydrogen-bond acceptors (Lipinski definition) is 2. The van der Waals surface area contributed by atoms with Gasteiger partial charge in [-0.05, 0) is 13.0 Å². The third-order valence-electron chi connectivity index (χ3n) is 2.60. The summed E-state index contributed by atoms with van der Waals surface area (Å²) < 4.78 is 1.48. The van der Waals surface area contributed by atoms with E-state index in [0.717, 1.165) is 0 Å². The summed E-state index contributed by atoms with van der Waals surface area (Å²) in [6.45, 7) is 2.36. The fraction of sp³-hybridized carbons (Fsp3) is 0.455. The fourth-order valence-electron chi connectivity index (χ4n) is 1.54. The number of carboxylic acids is 1. The lowest BCUT2D eigenvalue weighted by Gasteiger charge is -2.20. The molecule has 1 amide bonds. The van der Waals surface area contributed by atoms with Crippen LogP contribution in [0.3, 0.4) is 0 Å². The van der Waals surface area contributed by atoms with Gasteiger partial charge in [0.1, 0.15) is 10.8 Å². The molecule has 0 saturated carbocycles. The van der Waals surface area contributed by atoms with Crippen LogP contribution in [0, 0.1) is 0 Å². The summed E-state index contributed by atoms with van der Waals surface area (Å²) in [5.41, 5.74) is 0.345. The van der Waals surface area contributed by atoms with E-state index in [-0.39, 0.29) is 24.0 Å². The Bertz CT molecular complexity index is 471. The molecular formula is C11H14Cl2N2O3. The van der Waals surface area contributed by atoms with Gasteiger partial charge in [0.15, 0.2) is 0 Å². The molecule has 1 N–H and O–H groups in total. The van der Waals surface area contributed by atoms with Gasteiger partial charge in [0, 0.05) is 20.1 Å². The molecule has 0 unspecified atom stereocenters. The average Bonchev–Trinajstić information content (AvgIpc) is 2.57. The molecule has 1 heterocycles. The van der Waals surface area contributed by atoms with E-state index in [1.807, 2.05) is 0 Å². The largest absolute Gasteiger partial charge is 0.481 e. The Morgan fingerprint density at radius 2 is 2.06 bits per heavy atom. The number of carboxylic acid groups (broad SMARTS) is 1. The number of nitrogens with zero attached hydrogens (tertiary/aromatic N) is 2. The first kappa shape index (κ1) is 14.9. The van der Waals surface area contributed by atoms with Gasteiger partial charge in [0.25, 0.3) is 5.91 Å². The van der Waals surface area contributed by atoms with E-state index < -0.39 is 5.97 Å². The lowest BCUT2D eigenvalue weighted by Crippen LogP contribution is -2.33. The van der Waals surface area contributed by atoms with Gasteiger partial charge in [0.05, 0.1) is 11.4 Å². The molecule has 7 heteroatoms. The molecule has 100 valence electrons. The third-order valence-corrected chi connectivity index (χ3v) is 3.44. The van der Waals surface area contributed by atoms with Gasteiger partial charge in [-0.3, -0.25) is 9.59 Å². The van der Waals surface area contributed by atoms with Crippen LogP contribution in [0.15, 0.2) is 6.07 Å². The van der Waals surface area contributed by atoms with Crippen molar-refractivity contribution in [3.63, 3.8) is 0 Å². The van der Waals surface area contributed by atoms with Gasteiger partial charge >= 0.3 is 5.97 Å². The Labute approximate surface area is 115 Å². The zero-order valence-electron chi connectivity index (χ0n) is 10.1. The van der Waals surface area contributed by atoms with Crippen LogP contribution in [0.5, 0.6) is 0 Å². The molecule has 0 aliphatic carbocycles. The second kappa shape index (κ2) is 6.11. The van der Waals surface area contributed by atoms with E-state index in [4.69, 9.17) is 28.3 Å². The molecule has 0 aliphatic rings. The van der Waals surface area contributed by atoms with Gasteiger partial charge in [0.2, 0.25) is 0 Å². The average molecular weight is 293 g/mol. The quantitative estimate of drug-likeness (QED) is 0.905. The summed E-state index contributed by atoms with van der Waals surface area (Å²) in [6, 6.07) is 1.48. The molecule has 1 rings (SSSR count). The second-order valence-corrected chi connectivity index (χ2v) is 4.52. The van der Waals surface area contributed by atoms with Crippen molar-refractivity contribution in [2.45, 2.75) is 13.3 Å². The monoisotopic (exact) mass is 292 g/mol. The van der Waals surface area contributed by atoms with E-state index in [1.54, 1.807) is 14.0 Å². The lowest BCUT2D eigenvalue weighted by molar-refractivity contribution is -0.137. The molecule has 0 spiro atoms. The Kier molecular flexibility index (Phi) is 5.04. The molecule has 0 fully saturated rings. The van der Waals surface area contributed by atoms with Gasteiger partial charge in [-0.2, -0.15) is 0 Å². The van der Waals surface area contributed by atoms with Crippen molar-refractivity contribution in [2.75, 3.05) is 13.1 Å². The highest BCUT2D eigenvalue weighted by molar-refractivity contribution is 6.41. The third kappa shape index (κ3) is 3.17. The van der Waals surface area contributed by atoms with Crippen LogP contribution in [-0.4, -0.2) is 39.5 Å². The van der Waals surface area contributed by atoms with Gasteiger partial charge < -0.3 is 14.6 Å². The van der Waals surface area contributed by atoms with Crippen molar-refractivity contribution in [1.82, 2.24) is 9.47 Å². The number of hydrogen-bond donors (Lipinski definition) is 1. The van der Waals surface area contributed by atoms with Crippen molar-refractivity contribution in [1.29, 1.82) is 0 Å². The molecule has 0 bridgehead atoms. The van der Waals surface area contributed by atoms with Gasteiger partial charge in [-0.25, -0.2) is 0 Å². The van der Waals surface area contributed by atoms with E-state index in [2.05, 4.69) is 0 Å². The van der Waals surface area contributed by atoms with E-state index in [1.165, 1.54) is 15.5 Å². The summed E-state index contributed by atoms with van der Waals surface area (Å²) in [7, 11) is 1.63. The number of aliphatic carboxylic acids is 1. The molecule has 0 aliphatic heterocycles. The van der Waals surface area contributed by atoms with Crippen LogP contribution < -0.4 is 0 Å². The molecule has 0 atom stereocenters. The fourth-order valence-corrected chi connectivity index (χ4v) is 1.92. The van der Waals surface area contributed by atoms with E-state index in [9.17, 15) is 9.59 Å². The van der Waals surface area contributed by atoms with Crippen LogP contribution in [-0.2, 0) is 11.8 Å². The Morgan fingerprint density at radius 3 is 2.44 bits per heavy atom. The Balaban J connectivity index is 2.89. The number of amides is 1. The number of aromatic nitrogens is 1. The topological polar surface area (TPSA) is 62.5 Å². The number of halogens is 2. The van der Waals surface area contributed by atoms with Crippen molar-refractivity contribution < 1.29 is 14.7 Å². The highest BCUT2D eigenvalue weighted by Gasteiger charge is 2.20. The molecule has 1 aromatic heterocycles. The molecule has 0 saturated heterocycles. The maximum absolute atomic E-state index is 12.2. The van der Waals surface area contributed by atoms with Crippen molar-refractivity contribution in [3.05, 3.63) is 21.9 Å². The molecule has 18 heavy (non-hydrogen) atoms. The first-order chi connectivity index (χ1) is 8.38. The summed E-state index contributed by atoms with van der Waals surface area (Å²) in [6.07, 6.45) is -0.0918. The van der Waals surface area contributed by atoms with Crippen LogP contribution in [0.2, 0.25) is 10.2 Å². The Morgan fingerprint density at radius 1 is 1.44 bits per heavy atom. The summed E-state index contributed by atoms with van der Waals surface area (Å²) in [5, 5.41) is 9.22. The minimum Gasteiger partial charge on any atom is -0.481 e. The first-order valence-corrected chi connectivity index (χ1v) is 6.15. The van der Waals surface area contributed by atoms with Crippen molar-refractivity contribution in [3.8, 4) is 0 Å². The number of rotatable bonds is 5. The minimum absolute atomic E-state index is 0.0918.